The van der Waals surface area contributed by atoms with Gasteiger partial charge in [-0.2, -0.15) is 0 Å². The van der Waals surface area contributed by atoms with Crippen molar-refractivity contribution in [3.8, 4) is 0 Å². The Kier molecular flexibility index (Phi) is 3.15. The van der Waals surface area contributed by atoms with Gasteiger partial charge in [0.25, 0.3) is 0 Å². The third-order valence-electron chi connectivity index (χ3n) is 3.68. The standard InChI is InChI=1S/C15H18N2O/c18-11-12-10-16-15(17-8-4-1-5-9-17)14-7-3-2-6-13(12)14/h2-3,6-7,10,18H,1,4-5,8-9,11H2. The zero-order valence-electron chi connectivity index (χ0n) is 10.5. The second kappa shape index (κ2) is 4.94. The molecule has 1 aromatic carbocycles. The van der Waals surface area contributed by atoms with Crippen LogP contribution in [0.2, 0.25) is 0 Å². The molecule has 0 bridgehead atoms. The van der Waals surface area contributed by atoms with Gasteiger partial charge in [-0.1, -0.05) is 24.3 Å². The van der Waals surface area contributed by atoms with E-state index in [0.717, 1.165) is 35.2 Å². The van der Waals surface area contributed by atoms with Gasteiger partial charge in [-0.3, -0.25) is 0 Å². The minimum absolute atomic E-state index is 0.0494. The van der Waals surface area contributed by atoms with Gasteiger partial charge in [-0.25, -0.2) is 4.98 Å². The molecule has 1 fully saturated rings. The second-order valence-electron chi connectivity index (χ2n) is 4.86. The molecule has 1 aliphatic heterocycles. The summed E-state index contributed by atoms with van der Waals surface area (Å²) in [7, 11) is 0. The van der Waals surface area contributed by atoms with Crippen molar-refractivity contribution < 1.29 is 5.11 Å². The maximum absolute atomic E-state index is 9.38. The normalized spacial score (nSPS) is 16.2. The van der Waals surface area contributed by atoms with Crippen LogP contribution in [-0.4, -0.2) is 23.2 Å². The van der Waals surface area contributed by atoms with Crippen LogP contribution in [0.25, 0.3) is 10.8 Å². The molecule has 0 radical (unpaired) electrons. The van der Waals surface area contributed by atoms with E-state index < -0.39 is 0 Å². The molecule has 94 valence electrons. The van der Waals surface area contributed by atoms with Gasteiger partial charge in [0, 0.05) is 30.2 Å². The van der Waals surface area contributed by atoms with Gasteiger partial charge in [0.05, 0.1) is 6.61 Å². The Morgan fingerprint density at radius 1 is 1.06 bits per heavy atom. The Morgan fingerprint density at radius 3 is 2.50 bits per heavy atom. The Bertz CT molecular complexity index is 547. The van der Waals surface area contributed by atoms with Crippen molar-refractivity contribution in [3.05, 3.63) is 36.0 Å². The molecular weight excluding hydrogens is 224 g/mol. The molecule has 2 aromatic rings. The summed E-state index contributed by atoms with van der Waals surface area (Å²) in [5.41, 5.74) is 0.909. The van der Waals surface area contributed by atoms with Crippen molar-refractivity contribution in [1.82, 2.24) is 4.98 Å². The van der Waals surface area contributed by atoms with E-state index in [-0.39, 0.29) is 6.61 Å². The highest BCUT2D eigenvalue weighted by Gasteiger charge is 2.15. The van der Waals surface area contributed by atoms with Crippen LogP contribution in [0, 0.1) is 0 Å². The number of aromatic nitrogens is 1. The smallest absolute Gasteiger partial charge is 0.136 e. The molecule has 0 atom stereocenters. The van der Waals surface area contributed by atoms with Crippen LogP contribution in [0.4, 0.5) is 5.82 Å². The molecule has 3 nitrogen and oxygen atoms in total. The lowest BCUT2D eigenvalue weighted by molar-refractivity contribution is 0.283. The first-order valence-corrected chi connectivity index (χ1v) is 6.62. The summed E-state index contributed by atoms with van der Waals surface area (Å²) in [4.78, 5) is 6.94. The van der Waals surface area contributed by atoms with Crippen LogP contribution >= 0.6 is 0 Å². The lowest BCUT2D eigenvalue weighted by Crippen LogP contribution is -2.30. The van der Waals surface area contributed by atoms with E-state index in [9.17, 15) is 5.11 Å². The minimum Gasteiger partial charge on any atom is -0.392 e. The van der Waals surface area contributed by atoms with Crippen molar-refractivity contribution in [2.75, 3.05) is 18.0 Å². The van der Waals surface area contributed by atoms with Gasteiger partial charge in [-0.15, -0.1) is 0 Å². The van der Waals surface area contributed by atoms with Crippen molar-refractivity contribution in [2.45, 2.75) is 25.9 Å². The predicted octanol–water partition coefficient (Wildman–Crippen LogP) is 2.72. The van der Waals surface area contributed by atoms with Crippen LogP contribution < -0.4 is 4.90 Å². The number of anilines is 1. The Hall–Kier alpha value is -1.61. The molecule has 0 spiro atoms. The highest BCUT2D eigenvalue weighted by molar-refractivity contribution is 5.94. The second-order valence-corrected chi connectivity index (χ2v) is 4.86. The van der Waals surface area contributed by atoms with Crippen molar-refractivity contribution >= 4 is 16.6 Å². The SMILES string of the molecule is OCc1cnc(N2CCCCC2)c2ccccc12. The van der Waals surface area contributed by atoms with E-state index in [4.69, 9.17) is 0 Å². The molecule has 2 heterocycles. The van der Waals surface area contributed by atoms with Gasteiger partial charge in [0.15, 0.2) is 0 Å². The summed E-state index contributed by atoms with van der Waals surface area (Å²) in [5.74, 6) is 1.07. The topological polar surface area (TPSA) is 36.4 Å². The summed E-state index contributed by atoms with van der Waals surface area (Å²) < 4.78 is 0. The third kappa shape index (κ3) is 1.95. The Labute approximate surface area is 107 Å². The summed E-state index contributed by atoms with van der Waals surface area (Å²) in [6.07, 6.45) is 5.63. The molecule has 3 heteroatoms. The number of pyridine rings is 1. The van der Waals surface area contributed by atoms with Crippen molar-refractivity contribution in [3.63, 3.8) is 0 Å². The molecule has 0 unspecified atom stereocenters. The summed E-state index contributed by atoms with van der Waals surface area (Å²) >= 11 is 0. The van der Waals surface area contributed by atoms with Crippen LogP contribution in [-0.2, 0) is 6.61 Å². The molecule has 3 rings (SSSR count). The number of benzene rings is 1. The highest BCUT2D eigenvalue weighted by Crippen LogP contribution is 2.28. The van der Waals surface area contributed by atoms with Gasteiger partial charge >= 0.3 is 0 Å². The number of piperidine rings is 1. The number of nitrogens with zero attached hydrogens (tertiary/aromatic N) is 2. The van der Waals surface area contributed by atoms with E-state index in [2.05, 4.69) is 22.0 Å². The summed E-state index contributed by atoms with van der Waals surface area (Å²) in [6, 6.07) is 8.22. The molecule has 0 aliphatic carbocycles. The highest BCUT2D eigenvalue weighted by atomic mass is 16.3. The lowest BCUT2D eigenvalue weighted by Gasteiger charge is -2.29. The Balaban J connectivity index is 2.12. The van der Waals surface area contributed by atoms with Crippen LogP contribution in [0.5, 0.6) is 0 Å². The first-order valence-electron chi connectivity index (χ1n) is 6.62. The van der Waals surface area contributed by atoms with Crippen molar-refractivity contribution in [2.24, 2.45) is 0 Å². The molecule has 1 saturated heterocycles. The maximum Gasteiger partial charge on any atom is 0.136 e. The summed E-state index contributed by atoms with van der Waals surface area (Å²) in [6.45, 7) is 2.23. The number of fused-ring (bicyclic) bond motifs is 1. The fraction of sp³-hybridized carbons (Fsp3) is 0.400. The molecule has 0 amide bonds. The van der Waals surface area contributed by atoms with Crippen LogP contribution in [0.15, 0.2) is 30.5 Å². The predicted molar refractivity (Wildman–Crippen MR) is 73.7 cm³/mol. The first kappa shape index (κ1) is 11.5. The number of aliphatic hydroxyl groups excluding tert-OH is 1. The third-order valence-corrected chi connectivity index (χ3v) is 3.68. The first-order chi connectivity index (χ1) is 8.90. The van der Waals surface area contributed by atoms with Gasteiger partial charge in [0.1, 0.15) is 5.82 Å². The van der Waals surface area contributed by atoms with Gasteiger partial charge < -0.3 is 10.0 Å². The van der Waals surface area contributed by atoms with Crippen LogP contribution in [0.1, 0.15) is 24.8 Å². The molecule has 1 aliphatic rings. The van der Waals surface area contributed by atoms with Crippen LogP contribution in [0.3, 0.4) is 0 Å². The minimum atomic E-state index is 0.0494. The van der Waals surface area contributed by atoms with E-state index in [1.807, 2.05) is 18.3 Å². The molecule has 18 heavy (non-hydrogen) atoms. The molecule has 1 aromatic heterocycles. The quantitative estimate of drug-likeness (QED) is 0.879. The fourth-order valence-electron chi connectivity index (χ4n) is 2.72. The number of rotatable bonds is 2. The van der Waals surface area contributed by atoms with Crippen molar-refractivity contribution in [1.29, 1.82) is 0 Å². The summed E-state index contributed by atoms with van der Waals surface area (Å²) in [5, 5.41) is 11.7. The maximum atomic E-state index is 9.38. The Morgan fingerprint density at radius 2 is 1.78 bits per heavy atom. The lowest BCUT2D eigenvalue weighted by atomic mass is 10.1. The number of hydrogen-bond donors (Lipinski definition) is 1. The average Bonchev–Trinajstić information content (AvgIpc) is 2.47. The van der Waals surface area contributed by atoms with E-state index >= 15 is 0 Å². The van der Waals surface area contributed by atoms with E-state index in [1.54, 1.807) is 0 Å². The number of aliphatic hydroxyl groups is 1. The largest absolute Gasteiger partial charge is 0.392 e. The van der Waals surface area contributed by atoms with Gasteiger partial charge in [0.2, 0.25) is 0 Å². The fourth-order valence-corrected chi connectivity index (χ4v) is 2.72. The molecule has 1 N–H and O–H groups in total. The van der Waals surface area contributed by atoms with Gasteiger partial charge in [-0.05, 0) is 24.6 Å². The number of hydrogen-bond acceptors (Lipinski definition) is 3. The average molecular weight is 242 g/mol. The monoisotopic (exact) mass is 242 g/mol. The van der Waals surface area contributed by atoms with E-state index in [0.29, 0.717) is 0 Å². The zero-order chi connectivity index (χ0) is 12.4. The molecular formula is C15H18N2O. The molecule has 0 saturated carbocycles. The zero-order valence-corrected chi connectivity index (χ0v) is 10.5. The van der Waals surface area contributed by atoms with E-state index in [1.165, 1.54) is 19.3 Å².